The number of nitriles is 1. The summed E-state index contributed by atoms with van der Waals surface area (Å²) in [6, 6.07) is 19.0. The van der Waals surface area contributed by atoms with E-state index in [0.29, 0.717) is 11.1 Å². The average molecular weight is 344 g/mol. The molecule has 0 saturated carbocycles. The molecule has 130 valence electrons. The zero-order valence-electron chi connectivity index (χ0n) is 15.3. The highest BCUT2D eigenvalue weighted by Crippen LogP contribution is 2.26. The molecule has 0 atom stereocenters. The highest BCUT2D eigenvalue weighted by Gasteiger charge is 2.12. The smallest absolute Gasteiger partial charge is 0.131 e. The molecular formula is C23H21FN2. The maximum Gasteiger partial charge on any atom is 0.131 e. The number of nitrogens with zero attached hydrogens (tertiary/aromatic N) is 2. The molecule has 0 spiro atoms. The number of hydrogen-bond acceptors (Lipinski definition) is 1. The number of rotatable bonds is 4. The van der Waals surface area contributed by atoms with E-state index in [-0.39, 0.29) is 5.82 Å². The molecule has 0 amide bonds. The molecule has 0 aliphatic rings. The Morgan fingerprint density at radius 2 is 1.81 bits per heavy atom. The van der Waals surface area contributed by atoms with E-state index >= 15 is 0 Å². The van der Waals surface area contributed by atoms with Gasteiger partial charge in [-0.15, -0.1) is 0 Å². The minimum absolute atomic E-state index is 0.324. The van der Waals surface area contributed by atoms with Gasteiger partial charge in [0.25, 0.3) is 0 Å². The lowest BCUT2D eigenvalue weighted by molar-refractivity contribution is 0.624. The Morgan fingerprint density at radius 1 is 1.12 bits per heavy atom. The van der Waals surface area contributed by atoms with Gasteiger partial charge in [0, 0.05) is 22.6 Å². The zero-order valence-corrected chi connectivity index (χ0v) is 15.3. The Morgan fingerprint density at radius 3 is 2.42 bits per heavy atom. The molecule has 0 saturated heterocycles. The van der Waals surface area contributed by atoms with E-state index in [9.17, 15) is 9.65 Å². The van der Waals surface area contributed by atoms with Crippen LogP contribution < -0.4 is 0 Å². The van der Waals surface area contributed by atoms with Crippen LogP contribution in [0.25, 0.3) is 17.3 Å². The van der Waals surface area contributed by atoms with Crippen LogP contribution in [-0.2, 0) is 6.42 Å². The molecule has 0 radical (unpaired) electrons. The summed E-state index contributed by atoms with van der Waals surface area (Å²) in [6.07, 6.45) is 2.77. The predicted octanol–water partition coefficient (Wildman–Crippen LogP) is 5.86. The Hall–Kier alpha value is -3.12. The zero-order chi connectivity index (χ0) is 18.7. The van der Waals surface area contributed by atoms with Crippen LogP contribution in [0, 0.1) is 31.0 Å². The van der Waals surface area contributed by atoms with Crippen LogP contribution in [0.5, 0.6) is 0 Å². The SMILES string of the molecule is CCc1ccc(-n2c(C)cc(/C=C(/C#N)c3ccccc3F)c2C)cc1. The van der Waals surface area contributed by atoms with Crippen LogP contribution in [0.1, 0.15) is 35.0 Å². The molecule has 0 aliphatic heterocycles. The van der Waals surface area contributed by atoms with Gasteiger partial charge in [0.2, 0.25) is 0 Å². The minimum Gasteiger partial charge on any atom is -0.318 e. The molecule has 0 unspecified atom stereocenters. The molecule has 2 aromatic carbocycles. The maximum absolute atomic E-state index is 14.1. The molecule has 3 heteroatoms. The first-order valence-corrected chi connectivity index (χ1v) is 8.70. The highest BCUT2D eigenvalue weighted by atomic mass is 19.1. The van der Waals surface area contributed by atoms with Crippen LogP contribution in [0.4, 0.5) is 4.39 Å². The van der Waals surface area contributed by atoms with E-state index in [1.165, 1.54) is 11.6 Å². The number of allylic oxidation sites excluding steroid dienone is 1. The Labute approximate surface area is 153 Å². The van der Waals surface area contributed by atoms with E-state index < -0.39 is 0 Å². The second-order valence-electron chi connectivity index (χ2n) is 6.33. The number of benzene rings is 2. The summed E-state index contributed by atoms with van der Waals surface area (Å²) in [5.74, 6) is -0.385. The fraction of sp³-hybridized carbons (Fsp3) is 0.174. The fourth-order valence-electron chi connectivity index (χ4n) is 3.22. The summed E-state index contributed by atoms with van der Waals surface area (Å²) in [6.45, 7) is 6.19. The molecule has 3 aromatic rings. The first-order chi connectivity index (χ1) is 12.5. The largest absolute Gasteiger partial charge is 0.318 e. The van der Waals surface area contributed by atoms with Crippen LogP contribution >= 0.6 is 0 Å². The van der Waals surface area contributed by atoms with Gasteiger partial charge in [0.15, 0.2) is 0 Å². The van der Waals surface area contributed by atoms with E-state index in [2.05, 4.69) is 41.8 Å². The highest BCUT2D eigenvalue weighted by molar-refractivity contribution is 5.90. The van der Waals surface area contributed by atoms with Crippen LogP contribution in [0.2, 0.25) is 0 Å². The van der Waals surface area contributed by atoms with Crippen LogP contribution in [0.15, 0.2) is 54.6 Å². The molecule has 0 fully saturated rings. The van der Waals surface area contributed by atoms with Crippen molar-refractivity contribution >= 4 is 11.6 Å². The van der Waals surface area contributed by atoms with Gasteiger partial charge < -0.3 is 4.57 Å². The maximum atomic E-state index is 14.1. The lowest BCUT2D eigenvalue weighted by Crippen LogP contribution is -1.99. The second kappa shape index (κ2) is 7.41. The van der Waals surface area contributed by atoms with Crippen molar-refractivity contribution in [3.05, 3.63) is 88.5 Å². The van der Waals surface area contributed by atoms with Gasteiger partial charge >= 0.3 is 0 Å². The van der Waals surface area contributed by atoms with E-state index in [1.54, 1.807) is 24.3 Å². The van der Waals surface area contributed by atoms with Gasteiger partial charge in [-0.3, -0.25) is 0 Å². The van der Waals surface area contributed by atoms with Crippen molar-refractivity contribution in [1.82, 2.24) is 4.57 Å². The average Bonchev–Trinajstić information content (AvgIpc) is 2.94. The number of aromatic nitrogens is 1. The van der Waals surface area contributed by atoms with Gasteiger partial charge in [-0.2, -0.15) is 5.26 Å². The third-order valence-electron chi connectivity index (χ3n) is 4.66. The lowest BCUT2D eigenvalue weighted by atomic mass is 10.0. The second-order valence-corrected chi connectivity index (χ2v) is 6.33. The lowest BCUT2D eigenvalue weighted by Gasteiger charge is -2.10. The van der Waals surface area contributed by atoms with Crippen molar-refractivity contribution in [1.29, 1.82) is 5.26 Å². The van der Waals surface area contributed by atoms with Gasteiger partial charge in [0.05, 0.1) is 11.6 Å². The summed E-state index contributed by atoms with van der Waals surface area (Å²) >= 11 is 0. The summed E-state index contributed by atoms with van der Waals surface area (Å²) in [7, 11) is 0. The summed E-state index contributed by atoms with van der Waals surface area (Å²) in [5, 5.41) is 9.52. The molecule has 1 aromatic heterocycles. The molecule has 1 heterocycles. The summed E-state index contributed by atoms with van der Waals surface area (Å²) < 4.78 is 16.2. The van der Waals surface area contributed by atoms with Gasteiger partial charge in [-0.1, -0.05) is 37.3 Å². The van der Waals surface area contributed by atoms with Crippen molar-refractivity contribution in [2.24, 2.45) is 0 Å². The fourth-order valence-corrected chi connectivity index (χ4v) is 3.22. The number of halogens is 1. The first kappa shape index (κ1) is 17.7. The predicted molar refractivity (Wildman–Crippen MR) is 105 cm³/mol. The minimum atomic E-state index is -0.385. The molecule has 0 bridgehead atoms. The molecule has 0 aliphatic carbocycles. The third-order valence-corrected chi connectivity index (χ3v) is 4.66. The summed E-state index contributed by atoms with van der Waals surface area (Å²) in [5.41, 5.74) is 6.04. The van der Waals surface area contributed by atoms with E-state index in [0.717, 1.165) is 29.1 Å². The number of hydrogen-bond donors (Lipinski definition) is 0. The van der Waals surface area contributed by atoms with Crippen molar-refractivity contribution in [3.8, 4) is 11.8 Å². The third kappa shape index (κ3) is 3.32. The Bertz CT molecular complexity index is 1000. The van der Waals surface area contributed by atoms with Crippen molar-refractivity contribution in [2.75, 3.05) is 0 Å². The molecule has 26 heavy (non-hydrogen) atoms. The number of aryl methyl sites for hydroxylation is 2. The van der Waals surface area contributed by atoms with Gasteiger partial charge in [0.1, 0.15) is 5.82 Å². The van der Waals surface area contributed by atoms with E-state index in [4.69, 9.17) is 0 Å². The van der Waals surface area contributed by atoms with Crippen LogP contribution in [-0.4, -0.2) is 4.57 Å². The van der Waals surface area contributed by atoms with Crippen molar-refractivity contribution < 1.29 is 4.39 Å². The molecular weight excluding hydrogens is 323 g/mol. The van der Waals surface area contributed by atoms with Crippen molar-refractivity contribution in [3.63, 3.8) is 0 Å². The van der Waals surface area contributed by atoms with Gasteiger partial charge in [-0.25, -0.2) is 4.39 Å². The van der Waals surface area contributed by atoms with E-state index in [1.807, 2.05) is 19.9 Å². The topological polar surface area (TPSA) is 28.7 Å². The standard InChI is InChI=1S/C23H21FN2/c1-4-18-9-11-21(12-10-18)26-16(2)13-19(17(26)3)14-20(15-25)22-7-5-6-8-23(22)24/h5-14H,4H2,1-3H3/b20-14-. The quantitative estimate of drug-likeness (QED) is 0.545. The normalized spacial score (nSPS) is 11.4. The first-order valence-electron chi connectivity index (χ1n) is 8.70. The molecule has 0 N–H and O–H groups in total. The Balaban J connectivity index is 2.07. The van der Waals surface area contributed by atoms with Crippen LogP contribution in [0.3, 0.4) is 0 Å². The molecule has 3 rings (SSSR count). The molecule has 2 nitrogen and oxygen atoms in total. The van der Waals surface area contributed by atoms with Gasteiger partial charge in [-0.05, 0) is 61.7 Å². The Kier molecular flexibility index (Phi) is 5.04. The monoisotopic (exact) mass is 344 g/mol. The summed E-state index contributed by atoms with van der Waals surface area (Å²) in [4.78, 5) is 0. The van der Waals surface area contributed by atoms with Crippen molar-refractivity contribution in [2.45, 2.75) is 27.2 Å².